The van der Waals surface area contributed by atoms with Crippen molar-refractivity contribution in [3.63, 3.8) is 0 Å². The second-order valence-electron chi connectivity index (χ2n) is 4.58. The Balaban J connectivity index is 1.67. The molecule has 5 nitrogen and oxygen atoms in total. The van der Waals surface area contributed by atoms with Gasteiger partial charge in [-0.3, -0.25) is 14.9 Å². The minimum Gasteiger partial charge on any atom is -0.347 e. The zero-order valence-corrected chi connectivity index (χ0v) is 11.3. The number of hydrogen-bond acceptors (Lipinski definition) is 3. The van der Waals surface area contributed by atoms with Crippen molar-refractivity contribution in [1.29, 1.82) is 0 Å². The van der Waals surface area contributed by atoms with Crippen LogP contribution in [0.15, 0.2) is 60.9 Å². The number of pyridine rings is 1. The Morgan fingerprint density at radius 1 is 1.14 bits per heavy atom. The number of H-pyrrole nitrogens is 1. The Morgan fingerprint density at radius 3 is 2.76 bits per heavy atom. The Hall–Kier alpha value is -2.95. The van der Waals surface area contributed by atoms with Gasteiger partial charge in [-0.1, -0.05) is 30.3 Å². The quantitative estimate of drug-likeness (QED) is 0.770. The standard InChI is InChI=1S/C16H14N4O/c21-16(18-10-12-5-2-1-3-6-12)15-9-14(19-20-15)13-7-4-8-17-11-13/h1-9,11H,10H2,(H,18,21)(H,19,20). The third kappa shape index (κ3) is 3.14. The first-order valence-electron chi connectivity index (χ1n) is 6.61. The molecule has 0 radical (unpaired) electrons. The monoisotopic (exact) mass is 278 g/mol. The molecular weight excluding hydrogens is 264 g/mol. The Kier molecular flexibility index (Phi) is 3.73. The van der Waals surface area contributed by atoms with E-state index in [2.05, 4.69) is 20.5 Å². The lowest BCUT2D eigenvalue weighted by atomic mass is 10.2. The molecule has 21 heavy (non-hydrogen) atoms. The van der Waals surface area contributed by atoms with Crippen molar-refractivity contribution in [1.82, 2.24) is 20.5 Å². The fraction of sp³-hybridized carbons (Fsp3) is 0.0625. The van der Waals surface area contributed by atoms with Gasteiger partial charge in [0.2, 0.25) is 0 Å². The van der Waals surface area contributed by atoms with E-state index in [1.807, 2.05) is 42.5 Å². The molecule has 3 aromatic rings. The maximum atomic E-state index is 12.1. The second-order valence-corrected chi connectivity index (χ2v) is 4.58. The van der Waals surface area contributed by atoms with E-state index in [-0.39, 0.29) is 5.91 Å². The van der Waals surface area contributed by atoms with Gasteiger partial charge in [0.1, 0.15) is 5.69 Å². The predicted octanol–water partition coefficient (Wildman–Crippen LogP) is 2.40. The Bertz CT molecular complexity index is 722. The van der Waals surface area contributed by atoms with Crippen LogP contribution in [0.5, 0.6) is 0 Å². The number of nitrogens with one attached hydrogen (secondary N) is 2. The van der Waals surface area contributed by atoms with Gasteiger partial charge in [0.05, 0.1) is 5.69 Å². The summed E-state index contributed by atoms with van der Waals surface area (Å²) in [7, 11) is 0. The first-order valence-corrected chi connectivity index (χ1v) is 6.61. The van der Waals surface area contributed by atoms with E-state index in [1.54, 1.807) is 18.5 Å². The molecule has 104 valence electrons. The van der Waals surface area contributed by atoms with Gasteiger partial charge in [-0.05, 0) is 23.8 Å². The minimum atomic E-state index is -0.179. The molecule has 2 heterocycles. The lowest BCUT2D eigenvalue weighted by molar-refractivity contribution is 0.0946. The van der Waals surface area contributed by atoms with Crippen molar-refractivity contribution in [2.75, 3.05) is 0 Å². The van der Waals surface area contributed by atoms with Gasteiger partial charge in [0, 0.05) is 24.5 Å². The molecule has 3 rings (SSSR count). The number of hydrogen-bond donors (Lipinski definition) is 2. The fourth-order valence-electron chi connectivity index (χ4n) is 1.97. The van der Waals surface area contributed by atoms with Gasteiger partial charge >= 0.3 is 0 Å². The van der Waals surface area contributed by atoms with Crippen molar-refractivity contribution in [3.8, 4) is 11.3 Å². The van der Waals surface area contributed by atoms with Crippen LogP contribution in [0.1, 0.15) is 16.1 Å². The molecule has 5 heteroatoms. The number of carbonyl (C=O) groups is 1. The molecule has 2 aromatic heterocycles. The largest absolute Gasteiger partial charge is 0.347 e. The van der Waals surface area contributed by atoms with Gasteiger partial charge in [-0.2, -0.15) is 5.10 Å². The molecule has 0 saturated carbocycles. The highest BCUT2D eigenvalue weighted by Crippen LogP contribution is 2.15. The molecule has 0 saturated heterocycles. The van der Waals surface area contributed by atoms with E-state index in [1.165, 1.54) is 0 Å². The van der Waals surface area contributed by atoms with Crippen molar-refractivity contribution in [2.24, 2.45) is 0 Å². The third-order valence-corrected chi connectivity index (χ3v) is 3.08. The van der Waals surface area contributed by atoms with Crippen molar-refractivity contribution in [2.45, 2.75) is 6.54 Å². The van der Waals surface area contributed by atoms with Crippen LogP contribution < -0.4 is 5.32 Å². The second kappa shape index (κ2) is 6.00. The van der Waals surface area contributed by atoms with Gasteiger partial charge in [-0.25, -0.2) is 0 Å². The van der Waals surface area contributed by atoms with E-state index in [4.69, 9.17) is 0 Å². The summed E-state index contributed by atoms with van der Waals surface area (Å²) < 4.78 is 0. The molecule has 1 amide bonds. The average Bonchev–Trinajstić information content (AvgIpc) is 3.04. The zero-order chi connectivity index (χ0) is 14.5. The van der Waals surface area contributed by atoms with E-state index in [9.17, 15) is 4.79 Å². The SMILES string of the molecule is O=C(NCc1ccccc1)c1cc(-c2cccnc2)n[nH]1. The van der Waals surface area contributed by atoms with Gasteiger partial charge in [0.25, 0.3) is 5.91 Å². The first kappa shape index (κ1) is 13.1. The molecule has 2 N–H and O–H groups in total. The summed E-state index contributed by atoms with van der Waals surface area (Å²) in [5.41, 5.74) is 3.06. The summed E-state index contributed by atoms with van der Waals surface area (Å²) in [6.07, 6.45) is 3.41. The lowest BCUT2D eigenvalue weighted by Crippen LogP contribution is -2.23. The Labute approximate surface area is 122 Å². The molecular formula is C16H14N4O. The highest BCUT2D eigenvalue weighted by molar-refractivity contribution is 5.93. The highest BCUT2D eigenvalue weighted by Gasteiger charge is 2.10. The van der Waals surface area contributed by atoms with Crippen LogP contribution >= 0.6 is 0 Å². The minimum absolute atomic E-state index is 0.179. The molecule has 0 spiro atoms. The smallest absolute Gasteiger partial charge is 0.269 e. The normalized spacial score (nSPS) is 10.3. The van der Waals surface area contributed by atoms with Crippen molar-refractivity contribution < 1.29 is 4.79 Å². The number of aromatic amines is 1. The van der Waals surface area contributed by atoms with Crippen LogP contribution in [0.25, 0.3) is 11.3 Å². The first-order chi connectivity index (χ1) is 10.3. The average molecular weight is 278 g/mol. The predicted molar refractivity (Wildman–Crippen MR) is 79.4 cm³/mol. The molecule has 0 fully saturated rings. The fourth-order valence-corrected chi connectivity index (χ4v) is 1.97. The number of carbonyl (C=O) groups excluding carboxylic acids is 1. The number of aromatic nitrogens is 3. The molecule has 0 unspecified atom stereocenters. The van der Waals surface area contributed by atoms with Gasteiger partial charge in [0.15, 0.2) is 0 Å². The van der Waals surface area contributed by atoms with E-state index < -0.39 is 0 Å². The molecule has 0 aliphatic carbocycles. The summed E-state index contributed by atoms with van der Waals surface area (Å²) in [4.78, 5) is 16.1. The molecule has 0 aliphatic rings. The molecule has 0 bridgehead atoms. The summed E-state index contributed by atoms with van der Waals surface area (Å²) >= 11 is 0. The lowest BCUT2D eigenvalue weighted by Gasteiger charge is -2.02. The van der Waals surface area contributed by atoms with Crippen molar-refractivity contribution >= 4 is 5.91 Å². The number of amides is 1. The van der Waals surface area contributed by atoms with Gasteiger partial charge in [-0.15, -0.1) is 0 Å². The molecule has 0 atom stereocenters. The van der Waals surface area contributed by atoms with Gasteiger partial charge < -0.3 is 5.32 Å². The molecule has 1 aromatic carbocycles. The zero-order valence-electron chi connectivity index (χ0n) is 11.3. The van der Waals surface area contributed by atoms with E-state index >= 15 is 0 Å². The number of benzene rings is 1. The highest BCUT2D eigenvalue weighted by atomic mass is 16.1. The van der Waals surface area contributed by atoms with Crippen LogP contribution in [-0.4, -0.2) is 21.1 Å². The molecule has 0 aliphatic heterocycles. The van der Waals surface area contributed by atoms with Crippen molar-refractivity contribution in [3.05, 3.63) is 72.2 Å². The van der Waals surface area contributed by atoms with Crippen LogP contribution in [0, 0.1) is 0 Å². The number of rotatable bonds is 4. The summed E-state index contributed by atoms with van der Waals surface area (Å²) in [5.74, 6) is -0.179. The van der Waals surface area contributed by atoms with Crippen LogP contribution in [-0.2, 0) is 6.54 Å². The topological polar surface area (TPSA) is 70.7 Å². The van der Waals surface area contributed by atoms with Crippen LogP contribution in [0.3, 0.4) is 0 Å². The summed E-state index contributed by atoms with van der Waals surface area (Å²) in [5, 5.41) is 9.74. The van der Waals surface area contributed by atoms with Crippen LogP contribution in [0.2, 0.25) is 0 Å². The summed E-state index contributed by atoms with van der Waals surface area (Å²) in [6, 6.07) is 15.2. The van der Waals surface area contributed by atoms with E-state index in [0.717, 1.165) is 11.1 Å². The maximum Gasteiger partial charge on any atom is 0.269 e. The van der Waals surface area contributed by atoms with E-state index in [0.29, 0.717) is 17.9 Å². The summed E-state index contributed by atoms with van der Waals surface area (Å²) in [6.45, 7) is 0.487. The Morgan fingerprint density at radius 2 is 2.00 bits per heavy atom. The number of nitrogens with zero attached hydrogens (tertiary/aromatic N) is 2. The third-order valence-electron chi connectivity index (χ3n) is 3.08. The van der Waals surface area contributed by atoms with Crippen LogP contribution in [0.4, 0.5) is 0 Å². The maximum absolute atomic E-state index is 12.1.